The molecule has 1 saturated heterocycles. The Hall–Kier alpha value is -4.24. The van der Waals surface area contributed by atoms with E-state index in [1.165, 1.54) is 27.6 Å². The molecule has 8 nitrogen and oxygen atoms in total. The molecule has 0 bridgehead atoms. The van der Waals surface area contributed by atoms with Crippen LogP contribution in [0.25, 0.3) is 21.3 Å². The van der Waals surface area contributed by atoms with E-state index < -0.39 is 24.3 Å². The van der Waals surface area contributed by atoms with Gasteiger partial charge in [-0.2, -0.15) is 26.3 Å². The van der Waals surface area contributed by atoms with E-state index in [0.717, 1.165) is 49.8 Å². The van der Waals surface area contributed by atoms with E-state index in [2.05, 4.69) is 81.7 Å². The summed E-state index contributed by atoms with van der Waals surface area (Å²) >= 11 is 1.71. The fraction of sp³-hybridized carbons (Fsp3) is 0.310. The number of carbonyl (C=O) groups is 2. The van der Waals surface area contributed by atoms with Crippen LogP contribution in [0.2, 0.25) is 0 Å². The maximum absolute atomic E-state index is 10.6. The number of nitrogens with zero attached hydrogens (tertiary/aromatic N) is 4. The van der Waals surface area contributed by atoms with Crippen molar-refractivity contribution in [2.75, 3.05) is 37.6 Å². The van der Waals surface area contributed by atoms with Crippen LogP contribution in [0.4, 0.5) is 32.2 Å². The molecular formula is C29H28F6N4O4S. The van der Waals surface area contributed by atoms with E-state index in [1.807, 2.05) is 0 Å². The number of carboxylic acids is 2. The van der Waals surface area contributed by atoms with Gasteiger partial charge in [0, 0.05) is 43.7 Å². The summed E-state index contributed by atoms with van der Waals surface area (Å²) < 4.78 is 63.5. The van der Waals surface area contributed by atoms with Gasteiger partial charge in [-0.1, -0.05) is 60.2 Å². The minimum absolute atomic E-state index is 1.00. The first-order valence-electron chi connectivity index (χ1n) is 13.1. The zero-order valence-corrected chi connectivity index (χ0v) is 24.1. The molecule has 5 rings (SSSR count). The van der Waals surface area contributed by atoms with Crippen LogP contribution in [-0.4, -0.2) is 82.1 Å². The Morgan fingerprint density at radius 2 is 1.39 bits per heavy atom. The molecule has 2 N–H and O–H groups in total. The summed E-state index contributed by atoms with van der Waals surface area (Å²) in [5, 5.41) is 17.7. The first-order chi connectivity index (χ1) is 20.7. The van der Waals surface area contributed by atoms with Gasteiger partial charge in [-0.15, -0.1) is 11.3 Å². The zero-order chi connectivity index (χ0) is 32.5. The van der Waals surface area contributed by atoms with Crippen LogP contribution in [0.1, 0.15) is 11.1 Å². The molecule has 0 spiro atoms. The van der Waals surface area contributed by atoms with Crippen LogP contribution < -0.4 is 4.90 Å². The normalized spacial score (nSPS) is 13.8. The summed E-state index contributed by atoms with van der Waals surface area (Å²) in [6.07, 6.45) is -7.34. The van der Waals surface area contributed by atoms with Gasteiger partial charge in [-0.3, -0.25) is 4.90 Å². The van der Waals surface area contributed by atoms with Crippen molar-refractivity contribution in [1.82, 2.24) is 14.9 Å². The molecule has 0 atom stereocenters. The minimum atomic E-state index is -5.08. The van der Waals surface area contributed by atoms with E-state index >= 15 is 0 Å². The molecule has 0 aliphatic carbocycles. The SMILES string of the molecule is Cc1ccc(-c2csc3ncnc(N4CCN(CCc5ccccc5)CC4)c23)cc1.O=C(O)C(F)(F)F.O=C(O)C(F)(F)F. The number of carboxylic acid groups (broad SMARTS) is 2. The topological polar surface area (TPSA) is 107 Å². The molecule has 44 heavy (non-hydrogen) atoms. The molecule has 3 heterocycles. The van der Waals surface area contributed by atoms with Crippen molar-refractivity contribution in [2.45, 2.75) is 25.7 Å². The molecule has 0 saturated carbocycles. The van der Waals surface area contributed by atoms with E-state index in [1.54, 1.807) is 17.7 Å². The largest absolute Gasteiger partial charge is 0.490 e. The Balaban J connectivity index is 0.000000317. The molecule has 4 aromatic rings. The van der Waals surface area contributed by atoms with Crippen molar-refractivity contribution < 1.29 is 46.1 Å². The predicted molar refractivity (Wildman–Crippen MR) is 154 cm³/mol. The number of piperazine rings is 1. The van der Waals surface area contributed by atoms with Crippen LogP contribution in [0, 0.1) is 6.92 Å². The van der Waals surface area contributed by atoms with Crippen molar-refractivity contribution in [1.29, 1.82) is 0 Å². The quantitative estimate of drug-likeness (QED) is 0.245. The van der Waals surface area contributed by atoms with Crippen molar-refractivity contribution >= 4 is 39.3 Å². The Kier molecular flexibility index (Phi) is 11.7. The second-order valence-corrected chi connectivity index (χ2v) is 10.4. The molecule has 1 aliphatic rings. The molecule has 236 valence electrons. The average molecular weight is 643 g/mol. The fourth-order valence-corrected chi connectivity index (χ4v) is 5.07. The third-order valence-electron chi connectivity index (χ3n) is 6.43. The van der Waals surface area contributed by atoms with E-state index in [4.69, 9.17) is 24.8 Å². The maximum atomic E-state index is 10.6. The van der Waals surface area contributed by atoms with Crippen LogP contribution in [0.3, 0.4) is 0 Å². The standard InChI is InChI=1S/C25H26N4S.2C2HF3O2/c1-19-7-9-21(10-8-19)22-17-30-25-23(22)24(26-18-27-25)29-15-13-28(14-16-29)12-11-20-5-3-2-4-6-20;2*3-2(4,5)1(6)7/h2-10,17-18H,11-16H2,1H3;2*(H,6,7). The molecule has 0 radical (unpaired) electrons. The number of benzene rings is 2. The molecule has 1 aliphatic heterocycles. The molecule has 15 heteroatoms. The van der Waals surface area contributed by atoms with Gasteiger partial charge in [-0.05, 0) is 24.5 Å². The van der Waals surface area contributed by atoms with Crippen LogP contribution in [0.5, 0.6) is 0 Å². The zero-order valence-electron chi connectivity index (χ0n) is 23.3. The van der Waals surface area contributed by atoms with E-state index in [0.29, 0.717) is 0 Å². The van der Waals surface area contributed by atoms with E-state index in [9.17, 15) is 26.3 Å². The molecule has 1 fully saturated rings. The minimum Gasteiger partial charge on any atom is -0.475 e. The molecular weight excluding hydrogens is 614 g/mol. The number of alkyl halides is 6. The van der Waals surface area contributed by atoms with Gasteiger partial charge in [0.15, 0.2) is 0 Å². The first kappa shape index (κ1) is 34.3. The van der Waals surface area contributed by atoms with Crippen molar-refractivity contribution in [3.05, 3.63) is 77.4 Å². The number of aromatic nitrogens is 2. The van der Waals surface area contributed by atoms with Gasteiger partial charge in [0.1, 0.15) is 17.0 Å². The van der Waals surface area contributed by atoms with Crippen LogP contribution in [-0.2, 0) is 16.0 Å². The number of anilines is 1. The Labute approximate surface area is 252 Å². The van der Waals surface area contributed by atoms with Gasteiger partial charge >= 0.3 is 24.3 Å². The van der Waals surface area contributed by atoms with Gasteiger partial charge in [0.05, 0.1) is 5.39 Å². The highest BCUT2D eigenvalue weighted by molar-refractivity contribution is 7.17. The third-order valence-corrected chi connectivity index (χ3v) is 7.32. The van der Waals surface area contributed by atoms with Gasteiger partial charge in [0.25, 0.3) is 0 Å². The number of rotatable bonds is 5. The highest BCUT2D eigenvalue weighted by atomic mass is 32.1. The number of aliphatic carboxylic acids is 2. The van der Waals surface area contributed by atoms with Crippen molar-refractivity contribution in [2.24, 2.45) is 0 Å². The van der Waals surface area contributed by atoms with Gasteiger partial charge < -0.3 is 15.1 Å². The Morgan fingerprint density at radius 3 is 1.91 bits per heavy atom. The van der Waals surface area contributed by atoms with E-state index in [-0.39, 0.29) is 0 Å². The Bertz CT molecular complexity index is 1500. The lowest BCUT2D eigenvalue weighted by Crippen LogP contribution is -2.47. The smallest absolute Gasteiger partial charge is 0.475 e. The predicted octanol–water partition coefficient (Wildman–Crippen LogP) is 6.30. The summed E-state index contributed by atoms with van der Waals surface area (Å²) in [5.74, 6) is -4.43. The number of halogens is 6. The molecule has 2 aromatic heterocycles. The summed E-state index contributed by atoms with van der Waals surface area (Å²) in [6.45, 7) is 7.39. The third kappa shape index (κ3) is 9.91. The highest BCUT2D eigenvalue weighted by Gasteiger charge is 2.38. The van der Waals surface area contributed by atoms with Gasteiger partial charge in [0.2, 0.25) is 0 Å². The lowest BCUT2D eigenvalue weighted by Gasteiger charge is -2.35. The summed E-state index contributed by atoms with van der Waals surface area (Å²) in [7, 11) is 0. The van der Waals surface area contributed by atoms with Crippen molar-refractivity contribution in [3.63, 3.8) is 0 Å². The number of fused-ring (bicyclic) bond motifs is 1. The lowest BCUT2D eigenvalue weighted by molar-refractivity contribution is -0.193. The first-order valence-corrected chi connectivity index (χ1v) is 14.0. The number of thiophene rings is 1. The van der Waals surface area contributed by atoms with Crippen molar-refractivity contribution in [3.8, 4) is 11.1 Å². The summed E-state index contributed by atoms with van der Waals surface area (Å²) in [5.41, 5.74) is 5.18. The number of hydrogen-bond acceptors (Lipinski definition) is 7. The number of hydrogen-bond donors (Lipinski definition) is 2. The molecule has 0 unspecified atom stereocenters. The average Bonchev–Trinajstić information content (AvgIpc) is 3.42. The molecule has 0 amide bonds. The Morgan fingerprint density at radius 1 is 0.841 bits per heavy atom. The monoisotopic (exact) mass is 642 g/mol. The fourth-order valence-electron chi connectivity index (χ4n) is 4.16. The second-order valence-electron chi connectivity index (χ2n) is 9.56. The number of aryl methyl sites for hydroxylation is 1. The highest BCUT2D eigenvalue weighted by Crippen LogP contribution is 2.38. The lowest BCUT2D eigenvalue weighted by atomic mass is 10.0. The maximum Gasteiger partial charge on any atom is 0.490 e. The van der Waals surface area contributed by atoms with Crippen LogP contribution in [0.15, 0.2) is 66.3 Å². The summed E-state index contributed by atoms with van der Waals surface area (Å²) in [4.78, 5) is 33.1. The van der Waals surface area contributed by atoms with Gasteiger partial charge in [-0.25, -0.2) is 19.6 Å². The van der Waals surface area contributed by atoms with Crippen LogP contribution >= 0.6 is 11.3 Å². The summed E-state index contributed by atoms with van der Waals surface area (Å²) in [6, 6.07) is 19.5. The molecule has 2 aromatic carbocycles. The second kappa shape index (κ2) is 15.0.